The van der Waals surface area contributed by atoms with Gasteiger partial charge in [0.2, 0.25) is 0 Å². The molecule has 0 radical (unpaired) electrons. The first-order chi connectivity index (χ1) is 12.3. The van der Waals surface area contributed by atoms with Gasteiger partial charge in [-0.1, -0.05) is 97.3 Å². The number of nitrogens with one attached hydrogen (secondary N) is 1. The van der Waals surface area contributed by atoms with Crippen molar-refractivity contribution in [3.63, 3.8) is 0 Å². The van der Waals surface area contributed by atoms with E-state index in [1.54, 1.807) is 0 Å². The van der Waals surface area contributed by atoms with E-state index in [9.17, 15) is 0 Å². The van der Waals surface area contributed by atoms with Crippen LogP contribution in [0.5, 0.6) is 0 Å². The van der Waals surface area contributed by atoms with E-state index < -0.39 is 0 Å². The molecule has 1 atom stereocenters. The summed E-state index contributed by atoms with van der Waals surface area (Å²) in [5.74, 6) is 0.856. The van der Waals surface area contributed by atoms with Crippen LogP contribution < -0.4 is 10.8 Å². The van der Waals surface area contributed by atoms with Crippen LogP contribution in [0.3, 0.4) is 0 Å². The Kier molecular flexibility index (Phi) is 4.60. The van der Waals surface area contributed by atoms with Gasteiger partial charge in [0.25, 0.3) is 0 Å². The van der Waals surface area contributed by atoms with Gasteiger partial charge in [0.15, 0.2) is 6.71 Å². The van der Waals surface area contributed by atoms with Crippen LogP contribution >= 0.6 is 0 Å². The summed E-state index contributed by atoms with van der Waals surface area (Å²) in [6.07, 6.45) is 2.31. The second-order valence-electron chi connectivity index (χ2n) is 7.24. The number of benzene rings is 3. The van der Waals surface area contributed by atoms with E-state index in [0.717, 1.165) is 25.5 Å². The molecule has 1 saturated heterocycles. The minimum absolute atomic E-state index is 0.783. The Morgan fingerprint density at radius 2 is 1.60 bits per heavy atom. The van der Waals surface area contributed by atoms with Crippen LogP contribution in [0.25, 0.3) is 0 Å². The van der Waals surface area contributed by atoms with Crippen LogP contribution in [-0.4, -0.2) is 6.71 Å². The summed E-state index contributed by atoms with van der Waals surface area (Å²) in [7, 11) is 0. The zero-order valence-corrected chi connectivity index (χ0v) is 14.8. The first-order valence-corrected chi connectivity index (χ1v) is 9.24. The minimum atomic E-state index is 0.783. The summed E-state index contributed by atoms with van der Waals surface area (Å²) in [6.45, 7) is 4.00. The SMILES string of the molecule is CC1CB1c1cccc(CNc2ccccc2Cc2ccccc2)c1. The maximum atomic E-state index is 3.65. The highest BCUT2D eigenvalue weighted by Gasteiger charge is 2.38. The maximum absolute atomic E-state index is 3.65. The predicted molar refractivity (Wildman–Crippen MR) is 109 cm³/mol. The number of rotatable bonds is 6. The molecule has 124 valence electrons. The van der Waals surface area contributed by atoms with E-state index in [2.05, 4.69) is 91.1 Å². The van der Waals surface area contributed by atoms with Crippen molar-refractivity contribution in [2.45, 2.75) is 32.0 Å². The molecule has 0 amide bonds. The second-order valence-corrected chi connectivity index (χ2v) is 7.24. The smallest absolute Gasteiger partial charge is 0.177 e. The molecule has 1 N–H and O–H groups in total. The first-order valence-electron chi connectivity index (χ1n) is 9.24. The van der Waals surface area contributed by atoms with Gasteiger partial charge in [0.1, 0.15) is 0 Å². The van der Waals surface area contributed by atoms with Gasteiger partial charge < -0.3 is 5.32 Å². The molecule has 2 heteroatoms. The zero-order valence-electron chi connectivity index (χ0n) is 14.8. The quantitative estimate of drug-likeness (QED) is 0.629. The Bertz CT molecular complexity index is 843. The van der Waals surface area contributed by atoms with Gasteiger partial charge in [0, 0.05) is 12.2 Å². The molecule has 25 heavy (non-hydrogen) atoms. The predicted octanol–water partition coefficient (Wildman–Crippen LogP) is 5.00. The van der Waals surface area contributed by atoms with Crippen LogP contribution in [0.15, 0.2) is 78.9 Å². The van der Waals surface area contributed by atoms with E-state index in [-0.39, 0.29) is 0 Å². The lowest BCUT2D eigenvalue weighted by atomic mass is 9.60. The van der Waals surface area contributed by atoms with Crippen LogP contribution in [-0.2, 0) is 13.0 Å². The molecule has 0 bridgehead atoms. The molecule has 1 aliphatic heterocycles. The van der Waals surface area contributed by atoms with Gasteiger partial charge in [-0.05, 0) is 29.2 Å². The first kappa shape index (κ1) is 16.0. The normalized spacial score (nSPS) is 15.9. The maximum Gasteiger partial charge on any atom is 0.177 e. The fourth-order valence-corrected chi connectivity index (χ4v) is 3.58. The summed E-state index contributed by atoms with van der Waals surface area (Å²) < 4.78 is 0. The summed E-state index contributed by atoms with van der Waals surface area (Å²) in [4.78, 5) is 0. The molecule has 1 unspecified atom stereocenters. The molecule has 0 aliphatic carbocycles. The highest BCUT2D eigenvalue weighted by molar-refractivity contribution is 6.84. The fraction of sp³-hybridized carbons (Fsp3) is 0.217. The second kappa shape index (κ2) is 7.19. The molecule has 1 nitrogen and oxygen atoms in total. The summed E-state index contributed by atoms with van der Waals surface area (Å²) in [6, 6.07) is 28.4. The lowest BCUT2D eigenvalue weighted by molar-refractivity contribution is 1.11. The van der Waals surface area contributed by atoms with Crippen molar-refractivity contribution < 1.29 is 0 Å². The third-order valence-electron chi connectivity index (χ3n) is 5.23. The standard InChI is InChI=1S/C23H24BN/c1-18-16-24(18)22-12-7-10-20(15-22)17-25-23-13-6-5-11-21(23)14-19-8-3-2-4-9-19/h2-13,15,18,25H,14,16-17H2,1H3. The monoisotopic (exact) mass is 325 g/mol. The van der Waals surface area contributed by atoms with Crippen molar-refractivity contribution in [2.24, 2.45) is 0 Å². The molecular weight excluding hydrogens is 301 g/mol. The van der Waals surface area contributed by atoms with Crippen molar-refractivity contribution >= 4 is 17.9 Å². The molecule has 0 saturated carbocycles. The summed E-state index contributed by atoms with van der Waals surface area (Å²) in [5, 5.41) is 3.65. The highest BCUT2D eigenvalue weighted by atomic mass is 14.9. The van der Waals surface area contributed by atoms with Gasteiger partial charge >= 0.3 is 0 Å². The third kappa shape index (κ3) is 3.96. The van der Waals surface area contributed by atoms with Crippen molar-refractivity contribution in [1.29, 1.82) is 0 Å². The zero-order chi connectivity index (χ0) is 17.1. The molecule has 1 fully saturated rings. The van der Waals surface area contributed by atoms with E-state index >= 15 is 0 Å². The third-order valence-corrected chi connectivity index (χ3v) is 5.23. The largest absolute Gasteiger partial charge is 0.381 e. The average molecular weight is 325 g/mol. The molecule has 0 aromatic heterocycles. The van der Waals surface area contributed by atoms with Gasteiger partial charge in [-0.2, -0.15) is 0 Å². The topological polar surface area (TPSA) is 12.0 Å². The molecular formula is C23H24BN. The molecule has 3 aromatic rings. The highest BCUT2D eigenvalue weighted by Crippen LogP contribution is 2.35. The number of para-hydroxylation sites is 1. The van der Waals surface area contributed by atoms with E-state index in [1.807, 2.05) is 0 Å². The van der Waals surface area contributed by atoms with Gasteiger partial charge in [-0.25, -0.2) is 0 Å². The number of anilines is 1. The van der Waals surface area contributed by atoms with Gasteiger partial charge in [-0.3, -0.25) is 0 Å². The average Bonchev–Trinajstić information content (AvgIpc) is 3.39. The minimum Gasteiger partial charge on any atom is -0.381 e. The van der Waals surface area contributed by atoms with Crippen LogP contribution in [0.4, 0.5) is 5.69 Å². The number of hydrogen-bond acceptors (Lipinski definition) is 1. The summed E-state index contributed by atoms with van der Waals surface area (Å²) >= 11 is 0. The lowest BCUT2D eigenvalue weighted by Crippen LogP contribution is -2.17. The fourth-order valence-electron chi connectivity index (χ4n) is 3.58. The van der Waals surface area contributed by atoms with Gasteiger partial charge in [0.05, 0.1) is 0 Å². The molecule has 0 spiro atoms. The van der Waals surface area contributed by atoms with Crippen LogP contribution in [0.1, 0.15) is 23.6 Å². The Hall–Kier alpha value is -2.48. The van der Waals surface area contributed by atoms with E-state index in [1.165, 1.54) is 34.2 Å². The van der Waals surface area contributed by atoms with Crippen molar-refractivity contribution in [3.8, 4) is 0 Å². The molecule has 3 aromatic carbocycles. The Balaban J connectivity index is 1.46. The lowest BCUT2D eigenvalue weighted by Gasteiger charge is -2.13. The van der Waals surface area contributed by atoms with E-state index in [4.69, 9.17) is 0 Å². The summed E-state index contributed by atoms with van der Waals surface area (Å²) in [5.41, 5.74) is 6.80. The van der Waals surface area contributed by atoms with Crippen molar-refractivity contribution in [3.05, 3.63) is 95.6 Å². The van der Waals surface area contributed by atoms with Crippen LogP contribution in [0, 0.1) is 0 Å². The Labute approximate surface area is 151 Å². The van der Waals surface area contributed by atoms with Gasteiger partial charge in [-0.15, -0.1) is 0 Å². The van der Waals surface area contributed by atoms with Crippen molar-refractivity contribution in [2.75, 3.05) is 5.32 Å². The Morgan fingerprint density at radius 1 is 0.880 bits per heavy atom. The number of hydrogen-bond donors (Lipinski definition) is 1. The molecule has 1 heterocycles. The Morgan fingerprint density at radius 3 is 2.40 bits per heavy atom. The molecule has 4 rings (SSSR count). The molecule has 1 aliphatic rings. The van der Waals surface area contributed by atoms with Crippen LogP contribution in [0.2, 0.25) is 12.1 Å². The van der Waals surface area contributed by atoms with E-state index in [0.29, 0.717) is 0 Å². The van der Waals surface area contributed by atoms with Crippen molar-refractivity contribution in [1.82, 2.24) is 0 Å².